The molecule has 2 fully saturated rings. The number of rotatable bonds is 4. The maximum atomic E-state index is 12.1. The Balaban J connectivity index is 1.71. The summed E-state index contributed by atoms with van der Waals surface area (Å²) in [5.41, 5.74) is 0. The van der Waals surface area contributed by atoms with E-state index in [9.17, 15) is 18.0 Å². The molecule has 2 unspecified atom stereocenters. The fourth-order valence-electron chi connectivity index (χ4n) is 3.24. The van der Waals surface area contributed by atoms with Gasteiger partial charge in [-0.3, -0.25) is 14.5 Å². The van der Waals surface area contributed by atoms with Gasteiger partial charge < -0.3 is 9.64 Å². The molecular formula is C15H26N2O5S. The molecule has 0 bridgehead atoms. The van der Waals surface area contributed by atoms with Gasteiger partial charge >= 0.3 is 5.97 Å². The van der Waals surface area contributed by atoms with Gasteiger partial charge in [0.1, 0.15) is 0 Å². The predicted octanol–water partition coefficient (Wildman–Crippen LogP) is -0.235. The van der Waals surface area contributed by atoms with Crippen molar-refractivity contribution < 1.29 is 22.7 Å². The zero-order chi connectivity index (χ0) is 17.0. The van der Waals surface area contributed by atoms with Crippen molar-refractivity contribution in [2.24, 2.45) is 11.8 Å². The molecule has 2 saturated heterocycles. The molecule has 2 rings (SSSR count). The Morgan fingerprint density at radius 1 is 1.09 bits per heavy atom. The number of carbonyl (C=O) groups is 2. The molecule has 23 heavy (non-hydrogen) atoms. The maximum Gasteiger partial charge on any atom is 0.320 e. The standard InChI is InChI=1S/C15H26N2O5S/c1-12-7-13(2)9-17(8-12)14(18)11-22-15(19)10-16-3-5-23(20,21)6-4-16/h12-13H,3-11H2,1-2H3. The number of carbonyl (C=O) groups excluding carboxylic acids is 2. The lowest BCUT2D eigenvalue weighted by Crippen LogP contribution is -2.45. The van der Waals surface area contributed by atoms with Gasteiger partial charge in [0, 0.05) is 26.2 Å². The summed E-state index contributed by atoms with van der Waals surface area (Å²) in [7, 11) is -2.96. The number of ether oxygens (including phenoxy) is 1. The molecule has 0 N–H and O–H groups in total. The molecule has 2 aliphatic rings. The first kappa shape index (κ1) is 18.2. The molecular weight excluding hydrogens is 320 g/mol. The third-order valence-electron chi connectivity index (χ3n) is 4.37. The van der Waals surface area contributed by atoms with Crippen LogP contribution in [-0.4, -0.2) is 80.9 Å². The third kappa shape index (κ3) is 5.76. The number of nitrogens with zero attached hydrogens (tertiary/aromatic N) is 2. The normalized spacial score (nSPS) is 28.3. The lowest BCUT2D eigenvalue weighted by molar-refractivity contribution is -0.153. The minimum Gasteiger partial charge on any atom is -0.455 e. The minimum atomic E-state index is -2.96. The highest BCUT2D eigenvalue weighted by Gasteiger charge is 2.27. The summed E-state index contributed by atoms with van der Waals surface area (Å²) >= 11 is 0. The van der Waals surface area contributed by atoms with Crippen LogP contribution in [0.1, 0.15) is 20.3 Å². The van der Waals surface area contributed by atoms with Crippen molar-refractivity contribution in [1.82, 2.24) is 9.80 Å². The van der Waals surface area contributed by atoms with Crippen LogP contribution in [0, 0.1) is 11.8 Å². The van der Waals surface area contributed by atoms with Gasteiger partial charge in [-0.15, -0.1) is 0 Å². The van der Waals surface area contributed by atoms with Crippen LogP contribution in [-0.2, 0) is 24.2 Å². The Morgan fingerprint density at radius 2 is 1.65 bits per heavy atom. The maximum absolute atomic E-state index is 12.1. The van der Waals surface area contributed by atoms with E-state index < -0.39 is 15.8 Å². The predicted molar refractivity (Wildman–Crippen MR) is 85.6 cm³/mol. The van der Waals surface area contributed by atoms with Crippen LogP contribution in [0.25, 0.3) is 0 Å². The molecule has 7 nitrogen and oxygen atoms in total. The zero-order valence-electron chi connectivity index (χ0n) is 13.9. The summed E-state index contributed by atoms with van der Waals surface area (Å²) in [6.45, 7) is 6.15. The highest BCUT2D eigenvalue weighted by molar-refractivity contribution is 7.91. The Labute approximate surface area is 137 Å². The average molecular weight is 346 g/mol. The molecule has 2 heterocycles. The number of hydrogen-bond donors (Lipinski definition) is 0. The van der Waals surface area contributed by atoms with E-state index >= 15 is 0 Å². The monoisotopic (exact) mass is 346 g/mol. The van der Waals surface area contributed by atoms with Gasteiger partial charge in [0.15, 0.2) is 16.4 Å². The van der Waals surface area contributed by atoms with Crippen LogP contribution in [0.5, 0.6) is 0 Å². The smallest absolute Gasteiger partial charge is 0.320 e. The van der Waals surface area contributed by atoms with E-state index in [-0.39, 0.29) is 30.6 Å². The van der Waals surface area contributed by atoms with Crippen LogP contribution >= 0.6 is 0 Å². The van der Waals surface area contributed by atoms with E-state index in [1.54, 1.807) is 9.80 Å². The van der Waals surface area contributed by atoms with E-state index in [2.05, 4.69) is 13.8 Å². The van der Waals surface area contributed by atoms with Gasteiger partial charge in [0.2, 0.25) is 0 Å². The largest absolute Gasteiger partial charge is 0.455 e. The van der Waals surface area contributed by atoms with Crippen molar-refractivity contribution in [3.05, 3.63) is 0 Å². The molecule has 1 amide bonds. The summed E-state index contributed by atoms with van der Waals surface area (Å²) in [6.07, 6.45) is 1.11. The summed E-state index contributed by atoms with van der Waals surface area (Å²) in [5.74, 6) is 0.446. The molecule has 0 spiro atoms. The van der Waals surface area contributed by atoms with Crippen LogP contribution in [0.15, 0.2) is 0 Å². The molecule has 8 heteroatoms. The molecule has 0 aromatic carbocycles. The molecule has 2 atom stereocenters. The van der Waals surface area contributed by atoms with Crippen molar-refractivity contribution in [2.45, 2.75) is 20.3 Å². The van der Waals surface area contributed by atoms with Gasteiger partial charge in [-0.25, -0.2) is 8.42 Å². The first-order valence-electron chi connectivity index (χ1n) is 8.11. The van der Waals surface area contributed by atoms with Crippen LogP contribution in [0.3, 0.4) is 0 Å². The number of amides is 1. The van der Waals surface area contributed by atoms with E-state index in [1.807, 2.05) is 0 Å². The molecule has 0 aromatic heterocycles. The summed E-state index contributed by atoms with van der Waals surface area (Å²) in [6, 6.07) is 0. The molecule has 0 aromatic rings. The summed E-state index contributed by atoms with van der Waals surface area (Å²) < 4.78 is 27.7. The first-order valence-corrected chi connectivity index (χ1v) is 9.93. The second kappa shape index (κ2) is 7.61. The SMILES string of the molecule is CC1CC(C)CN(C(=O)COC(=O)CN2CCS(=O)(=O)CC2)C1. The Bertz CT molecular complexity index is 524. The van der Waals surface area contributed by atoms with Crippen molar-refractivity contribution >= 4 is 21.7 Å². The molecule has 0 aliphatic carbocycles. The fourth-order valence-corrected chi connectivity index (χ4v) is 4.51. The number of sulfone groups is 1. The highest BCUT2D eigenvalue weighted by atomic mass is 32.2. The number of esters is 1. The van der Waals surface area contributed by atoms with Gasteiger partial charge in [0.05, 0.1) is 18.1 Å². The second-order valence-corrected chi connectivity index (χ2v) is 9.14. The molecule has 2 aliphatic heterocycles. The van der Waals surface area contributed by atoms with Crippen molar-refractivity contribution in [3.63, 3.8) is 0 Å². The van der Waals surface area contributed by atoms with Crippen LogP contribution in [0.4, 0.5) is 0 Å². The minimum absolute atomic E-state index is 0.0373. The van der Waals surface area contributed by atoms with Gasteiger partial charge in [-0.1, -0.05) is 13.8 Å². The topological polar surface area (TPSA) is 84.0 Å². The summed E-state index contributed by atoms with van der Waals surface area (Å²) in [4.78, 5) is 27.4. The highest BCUT2D eigenvalue weighted by Crippen LogP contribution is 2.20. The number of hydrogen-bond acceptors (Lipinski definition) is 6. The van der Waals surface area contributed by atoms with E-state index in [0.29, 0.717) is 38.0 Å². The molecule has 0 saturated carbocycles. The zero-order valence-corrected chi connectivity index (χ0v) is 14.7. The van der Waals surface area contributed by atoms with E-state index in [4.69, 9.17) is 4.74 Å². The van der Waals surface area contributed by atoms with E-state index in [1.165, 1.54) is 0 Å². The van der Waals surface area contributed by atoms with Gasteiger partial charge in [-0.05, 0) is 18.3 Å². The first-order chi connectivity index (χ1) is 10.7. The van der Waals surface area contributed by atoms with Crippen LogP contribution < -0.4 is 0 Å². The lowest BCUT2D eigenvalue weighted by atomic mass is 9.92. The quantitative estimate of drug-likeness (QED) is 0.654. The van der Waals surface area contributed by atoms with Crippen LogP contribution in [0.2, 0.25) is 0 Å². The fraction of sp³-hybridized carbons (Fsp3) is 0.867. The summed E-state index contributed by atoms with van der Waals surface area (Å²) in [5, 5.41) is 0. The Kier molecular flexibility index (Phi) is 6.02. The van der Waals surface area contributed by atoms with Gasteiger partial charge in [0.25, 0.3) is 5.91 Å². The number of likely N-dealkylation sites (tertiary alicyclic amines) is 1. The lowest BCUT2D eigenvalue weighted by Gasteiger charge is -2.34. The van der Waals surface area contributed by atoms with Crippen molar-refractivity contribution in [3.8, 4) is 0 Å². The van der Waals surface area contributed by atoms with Gasteiger partial charge in [-0.2, -0.15) is 0 Å². The number of piperidine rings is 1. The second-order valence-electron chi connectivity index (χ2n) is 6.83. The van der Waals surface area contributed by atoms with Crippen molar-refractivity contribution in [1.29, 1.82) is 0 Å². The Hall–Kier alpha value is -1.15. The third-order valence-corrected chi connectivity index (χ3v) is 5.98. The molecule has 0 radical (unpaired) electrons. The Morgan fingerprint density at radius 3 is 2.22 bits per heavy atom. The average Bonchev–Trinajstić information content (AvgIpc) is 2.46. The molecule has 132 valence electrons. The van der Waals surface area contributed by atoms with Crippen molar-refractivity contribution in [2.75, 3.05) is 50.8 Å². The van der Waals surface area contributed by atoms with E-state index in [0.717, 1.165) is 6.42 Å².